The number of fused-ring (bicyclic) bond motifs is 1. The minimum Gasteiger partial charge on any atom is -0.348 e. The molecule has 146 valence electrons. The van der Waals surface area contributed by atoms with E-state index < -0.39 is 12.6 Å². The summed E-state index contributed by atoms with van der Waals surface area (Å²) in [6.07, 6.45) is 5.10. The second-order valence-corrected chi connectivity index (χ2v) is 6.90. The monoisotopic (exact) mass is 402 g/mol. The van der Waals surface area contributed by atoms with Crippen LogP contribution >= 0.6 is 11.6 Å². The predicted molar refractivity (Wildman–Crippen MR) is 108 cm³/mol. The number of carbonyl (C=O) groups is 1. The lowest BCUT2D eigenvalue weighted by molar-refractivity contribution is 0.0946. The Bertz CT molecular complexity index is 1110. The smallest absolute Gasteiger partial charge is 0.295 e. The van der Waals surface area contributed by atoms with Crippen molar-refractivity contribution >= 4 is 23.2 Å². The third-order valence-corrected chi connectivity index (χ3v) is 4.50. The zero-order chi connectivity index (χ0) is 20.3. The number of rotatable bonds is 6. The van der Waals surface area contributed by atoms with Gasteiger partial charge in [0, 0.05) is 36.1 Å². The average Bonchev–Trinajstić information content (AvgIpc) is 3.10. The van der Waals surface area contributed by atoms with E-state index in [2.05, 4.69) is 10.3 Å². The van der Waals surface area contributed by atoms with Gasteiger partial charge in [-0.1, -0.05) is 41.4 Å². The average molecular weight is 403 g/mol. The fourth-order valence-electron chi connectivity index (χ4n) is 2.78. The Kier molecular flexibility index (Phi) is 5.94. The number of amides is 1. The molecule has 0 saturated heterocycles. The zero-order valence-corrected chi connectivity index (χ0v) is 16.3. The minimum absolute atomic E-state index is 0.0515. The first-order valence-corrected chi connectivity index (χ1v) is 9.15. The molecule has 0 atom stereocenters. The SMILES string of the molecule is CC(C)=CCn1c(-c2ccccc2Cl)cn2cc(C(=O)NCCF)nc2c1=O. The normalized spacial score (nSPS) is 10.9. The van der Waals surface area contributed by atoms with Crippen LogP contribution in [0.15, 0.2) is 53.1 Å². The molecule has 1 amide bonds. The molecular weight excluding hydrogens is 383 g/mol. The van der Waals surface area contributed by atoms with Crippen molar-refractivity contribution in [1.82, 2.24) is 19.3 Å². The van der Waals surface area contributed by atoms with Gasteiger partial charge in [-0.3, -0.25) is 18.6 Å². The largest absolute Gasteiger partial charge is 0.348 e. The first-order chi connectivity index (χ1) is 13.4. The Balaban J connectivity index is 2.21. The molecule has 8 heteroatoms. The molecule has 2 aromatic heterocycles. The number of hydrogen-bond donors (Lipinski definition) is 1. The Morgan fingerprint density at radius 3 is 2.71 bits per heavy atom. The van der Waals surface area contributed by atoms with Crippen molar-refractivity contribution in [2.45, 2.75) is 20.4 Å². The summed E-state index contributed by atoms with van der Waals surface area (Å²) in [5.74, 6) is -0.532. The van der Waals surface area contributed by atoms with Crippen molar-refractivity contribution in [3.8, 4) is 11.3 Å². The summed E-state index contributed by atoms with van der Waals surface area (Å²) in [4.78, 5) is 29.4. The molecule has 3 rings (SSSR count). The summed E-state index contributed by atoms with van der Waals surface area (Å²) in [7, 11) is 0. The topological polar surface area (TPSA) is 68.4 Å². The molecule has 3 aromatic rings. The molecular formula is C20H20ClFN4O2. The minimum atomic E-state index is -0.675. The van der Waals surface area contributed by atoms with Crippen molar-refractivity contribution in [2.75, 3.05) is 13.2 Å². The molecule has 0 radical (unpaired) electrons. The quantitative estimate of drug-likeness (QED) is 0.642. The van der Waals surface area contributed by atoms with E-state index in [-0.39, 0.29) is 23.4 Å². The number of aromatic nitrogens is 3. The van der Waals surface area contributed by atoms with Crippen molar-refractivity contribution in [3.05, 3.63) is 69.4 Å². The molecule has 0 saturated carbocycles. The molecule has 0 aliphatic carbocycles. The summed E-state index contributed by atoms with van der Waals surface area (Å²) >= 11 is 6.35. The van der Waals surface area contributed by atoms with Crippen LogP contribution in [0.25, 0.3) is 16.9 Å². The van der Waals surface area contributed by atoms with E-state index in [9.17, 15) is 14.0 Å². The van der Waals surface area contributed by atoms with Crippen LogP contribution in [0.5, 0.6) is 0 Å². The first-order valence-electron chi connectivity index (χ1n) is 8.77. The Labute approximate surface area is 166 Å². The second kappa shape index (κ2) is 8.39. The molecule has 0 aliphatic rings. The Morgan fingerprint density at radius 1 is 1.29 bits per heavy atom. The first kappa shape index (κ1) is 19.8. The van der Waals surface area contributed by atoms with Crippen LogP contribution in [0.4, 0.5) is 4.39 Å². The van der Waals surface area contributed by atoms with Gasteiger partial charge in [0.1, 0.15) is 12.4 Å². The van der Waals surface area contributed by atoms with Gasteiger partial charge in [0.05, 0.1) is 5.69 Å². The van der Waals surface area contributed by atoms with Gasteiger partial charge in [-0.25, -0.2) is 9.37 Å². The second-order valence-electron chi connectivity index (χ2n) is 6.49. The fourth-order valence-corrected chi connectivity index (χ4v) is 3.01. The lowest BCUT2D eigenvalue weighted by Crippen LogP contribution is -2.26. The van der Waals surface area contributed by atoms with E-state index in [4.69, 9.17) is 11.6 Å². The standard InChI is InChI=1S/C20H20ClFN4O2/c1-13(2)7-10-26-17(14-5-3-4-6-15(14)21)12-25-11-16(19(27)23-9-8-22)24-18(25)20(26)28/h3-7,11-12H,8-10H2,1-2H3,(H,23,27). The molecule has 1 aromatic carbocycles. The van der Waals surface area contributed by atoms with Gasteiger partial charge in [0.15, 0.2) is 0 Å². The van der Waals surface area contributed by atoms with Crippen molar-refractivity contribution in [3.63, 3.8) is 0 Å². The number of allylic oxidation sites excluding steroid dienone is 2. The number of nitrogens with zero attached hydrogens (tertiary/aromatic N) is 3. The van der Waals surface area contributed by atoms with Gasteiger partial charge in [0.25, 0.3) is 11.5 Å². The van der Waals surface area contributed by atoms with Crippen LogP contribution in [0, 0.1) is 0 Å². The highest BCUT2D eigenvalue weighted by Crippen LogP contribution is 2.27. The predicted octanol–water partition coefficient (Wildman–Crippen LogP) is 3.48. The van der Waals surface area contributed by atoms with Crippen molar-refractivity contribution < 1.29 is 9.18 Å². The van der Waals surface area contributed by atoms with Gasteiger partial charge < -0.3 is 5.32 Å². The fraction of sp³-hybridized carbons (Fsp3) is 0.250. The molecule has 0 aliphatic heterocycles. The lowest BCUT2D eigenvalue weighted by atomic mass is 10.1. The summed E-state index contributed by atoms with van der Waals surface area (Å²) in [5, 5.41) is 2.92. The van der Waals surface area contributed by atoms with E-state index in [1.807, 2.05) is 38.1 Å². The molecule has 28 heavy (non-hydrogen) atoms. The van der Waals surface area contributed by atoms with Crippen LogP contribution in [0.1, 0.15) is 24.3 Å². The number of hydrogen-bond acceptors (Lipinski definition) is 3. The molecule has 0 bridgehead atoms. The zero-order valence-electron chi connectivity index (χ0n) is 15.6. The maximum Gasteiger partial charge on any atom is 0.295 e. The van der Waals surface area contributed by atoms with Crippen LogP contribution < -0.4 is 10.9 Å². The summed E-state index contributed by atoms with van der Waals surface area (Å²) in [6.45, 7) is 3.45. The molecule has 0 fully saturated rings. The molecule has 0 unspecified atom stereocenters. The molecule has 6 nitrogen and oxygen atoms in total. The van der Waals surface area contributed by atoms with Gasteiger partial charge >= 0.3 is 0 Å². The maximum absolute atomic E-state index is 13.1. The molecule has 1 N–H and O–H groups in total. The number of benzene rings is 1. The summed E-state index contributed by atoms with van der Waals surface area (Å²) in [6, 6.07) is 7.23. The van der Waals surface area contributed by atoms with E-state index in [0.717, 1.165) is 5.57 Å². The van der Waals surface area contributed by atoms with Gasteiger partial charge in [0.2, 0.25) is 5.65 Å². The number of alkyl halides is 1. The van der Waals surface area contributed by atoms with E-state index >= 15 is 0 Å². The number of halogens is 2. The Hall–Kier alpha value is -2.93. The molecule has 0 spiro atoms. The third kappa shape index (κ3) is 3.99. The van der Waals surface area contributed by atoms with Crippen LogP contribution in [0.2, 0.25) is 5.02 Å². The Morgan fingerprint density at radius 2 is 2.04 bits per heavy atom. The van der Waals surface area contributed by atoms with Crippen molar-refractivity contribution in [1.29, 1.82) is 0 Å². The highest BCUT2D eigenvalue weighted by atomic mass is 35.5. The lowest BCUT2D eigenvalue weighted by Gasteiger charge is -2.13. The van der Waals surface area contributed by atoms with E-state index in [1.165, 1.54) is 10.6 Å². The highest BCUT2D eigenvalue weighted by molar-refractivity contribution is 6.33. The highest BCUT2D eigenvalue weighted by Gasteiger charge is 2.17. The van der Waals surface area contributed by atoms with Gasteiger partial charge in [-0.2, -0.15) is 0 Å². The third-order valence-electron chi connectivity index (χ3n) is 4.17. The molecule has 2 heterocycles. The van der Waals surface area contributed by atoms with Gasteiger partial charge in [-0.05, 0) is 19.9 Å². The van der Waals surface area contributed by atoms with Crippen molar-refractivity contribution in [2.24, 2.45) is 0 Å². The number of imidazole rings is 1. The van der Waals surface area contributed by atoms with Crippen LogP contribution in [-0.2, 0) is 6.54 Å². The van der Waals surface area contributed by atoms with Crippen LogP contribution in [-0.4, -0.2) is 33.1 Å². The van der Waals surface area contributed by atoms with Gasteiger partial charge in [-0.15, -0.1) is 0 Å². The maximum atomic E-state index is 13.1. The number of carbonyl (C=O) groups excluding carboxylic acids is 1. The van der Waals surface area contributed by atoms with E-state index in [0.29, 0.717) is 22.8 Å². The van der Waals surface area contributed by atoms with E-state index in [1.54, 1.807) is 16.8 Å². The number of nitrogens with one attached hydrogen (secondary N) is 1. The summed E-state index contributed by atoms with van der Waals surface area (Å²) in [5.41, 5.74) is 2.18. The summed E-state index contributed by atoms with van der Waals surface area (Å²) < 4.78 is 15.4. The van der Waals surface area contributed by atoms with Crippen LogP contribution in [0.3, 0.4) is 0 Å².